The van der Waals surface area contributed by atoms with Crippen LogP contribution in [0.15, 0.2) is 41.0 Å². The molecule has 0 aliphatic heterocycles. The molecule has 0 spiro atoms. The highest BCUT2D eigenvalue weighted by Crippen LogP contribution is 2.31. The molecule has 6 heteroatoms. The summed E-state index contributed by atoms with van der Waals surface area (Å²) in [7, 11) is 1.72. The highest BCUT2D eigenvalue weighted by Gasteiger charge is 2.30. The molecular weight excluding hydrogens is 291 g/mol. The zero-order chi connectivity index (χ0) is 14.8. The first-order valence-electron chi connectivity index (χ1n) is 5.98. The first-order valence-corrected chi connectivity index (χ1v) is 6.36. The first kappa shape index (κ1) is 14.9. The second kappa shape index (κ2) is 5.89. The third-order valence-electron chi connectivity index (χ3n) is 3.06. The maximum absolute atomic E-state index is 12.7. The quantitative estimate of drug-likeness (QED) is 0.902. The van der Waals surface area contributed by atoms with Crippen molar-refractivity contribution >= 4 is 11.6 Å². The first-order chi connectivity index (χ1) is 9.41. The van der Waals surface area contributed by atoms with Crippen LogP contribution in [-0.2, 0) is 12.6 Å². The van der Waals surface area contributed by atoms with Gasteiger partial charge in [-0.2, -0.15) is 13.2 Å². The van der Waals surface area contributed by atoms with Crippen LogP contribution in [0.3, 0.4) is 0 Å². The minimum atomic E-state index is -4.33. The fourth-order valence-electron chi connectivity index (χ4n) is 2.03. The average Bonchev–Trinajstić information content (AvgIpc) is 2.81. The molecule has 0 aliphatic carbocycles. The van der Waals surface area contributed by atoms with Crippen LogP contribution in [0.25, 0.3) is 0 Å². The number of hydrogen-bond acceptors (Lipinski definition) is 2. The van der Waals surface area contributed by atoms with Crippen molar-refractivity contribution in [3.63, 3.8) is 0 Å². The topological polar surface area (TPSA) is 25.2 Å². The Morgan fingerprint density at radius 1 is 1.30 bits per heavy atom. The number of alkyl halides is 3. The molecule has 0 saturated heterocycles. The summed E-state index contributed by atoms with van der Waals surface area (Å²) in [6.45, 7) is 0. The molecule has 1 N–H and O–H groups in total. The van der Waals surface area contributed by atoms with E-state index in [9.17, 15) is 13.2 Å². The monoisotopic (exact) mass is 303 g/mol. The Balaban J connectivity index is 2.23. The van der Waals surface area contributed by atoms with Crippen molar-refractivity contribution in [2.75, 3.05) is 7.05 Å². The van der Waals surface area contributed by atoms with Crippen molar-refractivity contribution in [1.29, 1.82) is 0 Å². The number of nitrogens with one attached hydrogen (secondary N) is 1. The SMILES string of the molecule is CNC(Cc1cccc(C(F)(F)F)c1)c1ccoc1Cl. The highest BCUT2D eigenvalue weighted by atomic mass is 35.5. The number of rotatable bonds is 4. The lowest BCUT2D eigenvalue weighted by atomic mass is 9.99. The van der Waals surface area contributed by atoms with Crippen LogP contribution >= 0.6 is 11.6 Å². The van der Waals surface area contributed by atoms with E-state index in [0.29, 0.717) is 12.0 Å². The van der Waals surface area contributed by atoms with Crippen molar-refractivity contribution in [3.05, 3.63) is 58.5 Å². The molecule has 0 fully saturated rings. The average molecular weight is 304 g/mol. The smallest absolute Gasteiger partial charge is 0.416 e. The number of likely N-dealkylation sites (N-methyl/N-ethyl adjacent to an activating group) is 1. The minimum Gasteiger partial charge on any atom is -0.453 e. The van der Waals surface area contributed by atoms with Gasteiger partial charge in [-0.25, -0.2) is 0 Å². The Bertz CT molecular complexity index is 580. The third kappa shape index (κ3) is 3.35. The van der Waals surface area contributed by atoms with E-state index in [1.54, 1.807) is 19.2 Å². The summed E-state index contributed by atoms with van der Waals surface area (Å²) in [4.78, 5) is 0. The van der Waals surface area contributed by atoms with E-state index in [2.05, 4.69) is 5.32 Å². The molecule has 0 saturated carbocycles. The lowest BCUT2D eigenvalue weighted by Crippen LogP contribution is -2.19. The van der Waals surface area contributed by atoms with Crippen molar-refractivity contribution in [1.82, 2.24) is 5.32 Å². The van der Waals surface area contributed by atoms with E-state index in [1.165, 1.54) is 12.3 Å². The van der Waals surface area contributed by atoms with Gasteiger partial charge in [0.25, 0.3) is 0 Å². The molecule has 0 bridgehead atoms. The van der Waals surface area contributed by atoms with E-state index in [4.69, 9.17) is 16.0 Å². The fourth-order valence-corrected chi connectivity index (χ4v) is 2.28. The predicted octanol–water partition coefficient (Wildman–Crippen LogP) is 4.46. The minimum absolute atomic E-state index is 0.204. The van der Waals surface area contributed by atoms with Crippen LogP contribution in [0.5, 0.6) is 0 Å². The molecule has 1 unspecified atom stereocenters. The molecule has 1 heterocycles. The summed E-state index contributed by atoms with van der Waals surface area (Å²) < 4.78 is 43.0. The van der Waals surface area contributed by atoms with Crippen LogP contribution < -0.4 is 5.32 Å². The van der Waals surface area contributed by atoms with Gasteiger partial charge in [-0.15, -0.1) is 0 Å². The van der Waals surface area contributed by atoms with Crippen LogP contribution in [0, 0.1) is 0 Å². The Labute approximate surface area is 119 Å². The Morgan fingerprint density at radius 3 is 2.60 bits per heavy atom. The Kier molecular flexibility index (Phi) is 4.40. The largest absolute Gasteiger partial charge is 0.453 e. The van der Waals surface area contributed by atoms with Crippen molar-refractivity contribution in [3.8, 4) is 0 Å². The van der Waals surface area contributed by atoms with Crippen molar-refractivity contribution in [2.45, 2.75) is 18.6 Å². The van der Waals surface area contributed by atoms with Crippen LogP contribution in [0.1, 0.15) is 22.7 Å². The summed E-state index contributed by atoms with van der Waals surface area (Å²) in [5.41, 5.74) is 0.658. The molecule has 2 rings (SSSR count). The molecule has 0 aliphatic rings. The van der Waals surface area contributed by atoms with Gasteiger partial charge in [0, 0.05) is 11.6 Å². The summed E-state index contributed by atoms with van der Waals surface area (Å²) in [6, 6.07) is 6.78. The van der Waals surface area contributed by atoms with Gasteiger partial charge in [0.1, 0.15) is 0 Å². The van der Waals surface area contributed by atoms with Gasteiger partial charge in [-0.1, -0.05) is 18.2 Å². The van der Waals surface area contributed by atoms with Crippen molar-refractivity contribution < 1.29 is 17.6 Å². The zero-order valence-electron chi connectivity index (χ0n) is 10.7. The predicted molar refractivity (Wildman–Crippen MR) is 70.7 cm³/mol. The van der Waals surface area contributed by atoms with Gasteiger partial charge in [-0.3, -0.25) is 0 Å². The second-order valence-corrected chi connectivity index (χ2v) is 4.74. The van der Waals surface area contributed by atoms with Crippen molar-refractivity contribution in [2.24, 2.45) is 0 Å². The molecule has 20 heavy (non-hydrogen) atoms. The summed E-state index contributed by atoms with van der Waals surface area (Å²) in [5.74, 6) is 0. The Morgan fingerprint density at radius 2 is 2.05 bits per heavy atom. The lowest BCUT2D eigenvalue weighted by Gasteiger charge is -2.16. The molecule has 1 aromatic heterocycles. The molecule has 1 atom stereocenters. The fraction of sp³-hybridized carbons (Fsp3) is 0.286. The normalized spacial score (nSPS) is 13.4. The van der Waals surface area contributed by atoms with Gasteiger partial charge in [0.05, 0.1) is 11.8 Å². The molecular formula is C14H13ClF3NO. The zero-order valence-corrected chi connectivity index (χ0v) is 11.4. The number of hydrogen-bond donors (Lipinski definition) is 1. The molecule has 2 nitrogen and oxygen atoms in total. The maximum atomic E-state index is 12.7. The molecule has 108 valence electrons. The van der Waals surface area contributed by atoms with Gasteiger partial charge in [-0.05, 0) is 42.8 Å². The number of benzene rings is 1. The van der Waals surface area contributed by atoms with E-state index in [1.807, 2.05) is 0 Å². The van der Waals surface area contributed by atoms with Gasteiger partial charge in [0.2, 0.25) is 0 Å². The number of halogens is 4. The molecule has 2 aromatic rings. The highest BCUT2D eigenvalue weighted by molar-refractivity contribution is 6.29. The third-order valence-corrected chi connectivity index (χ3v) is 3.37. The number of furan rings is 1. The maximum Gasteiger partial charge on any atom is 0.416 e. The van der Waals surface area contributed by atoms with Gasteiger partial charge in [0.15, 0.2) is 5.22 Å². The standard InChI is InChI=1S/C14H13ClF3NO/c1-19-12(11-5-6-20-13(11)15)8-9-3-2-4-10(7-9)14(16,17)18/h2-7,12,19H,8H2,1H3. The van der Waals surface area contributed by atoms with Gasteiger partial charge < -0.3 is 9.73 Å². The molecule has 0 radical (unpaired) electrons. The lowest BCUT2D eigenvalue weighted by molar-refractivity contribution is -0.137. The summed E-state index contributed by atoms with van der Waals surface area (Å²) in [6.07, 6.45) is -2.49. The molecule has 1 aromatic carbocycles. The van der Waals surface area contributed by atoms with Gasteiger partial charge >= 0.3 is 6.18 Å². The van der Waals surface area contributed by atoms with Crippen LogP contribution in [0.4, 0.5) is 13.2 Å². The second-order valence-electron chi connectivity index (χ2n) is 4.39. The van der Waals surface area contributed by atoms with E-state index < -0.39 is 11.7 Å². The van der Waals surface area contributed by atoms with Crippen LogP contribution in [-0.4, -0.2) is 7.05 Å². The summed E-state index contributed by atoms with van der Waals surface area (Å²) >= 11 is 5.90. The van der Waals surface area contributed by atoms with E-state index in [0.717, 1.165) is 17.7 Å². The molecule has 0 amide bonds. The summed E-state index contributed by atoms with van der Waals surface area (Å²) in [5, 5.41) is 3.27. The van der Waals surface area contributed by atoms with E-state index >= 15 is 0 Å². The van der Waals surface area contributed by atoms with E-state index in [-0.39, 0.29) is 11.3 Å². The van der Waals surface area contributed by atoms with Crippen LogP contribution in [0.2, 0.25) is 5.22 Å². The Hall–Kier alpha value is -1.46.